The molecule has 0 unspecified atom stereocenters. The van der Waals surface area contributed by atoms with Gasteiger partial charge in [0.25, 0.3) is 0 Å². The second kappa shape index (κ2) is 4.51. The average Bonchev–Trinajstić information content (AvgIpc) is 2.94. The summed E-state index contributed by atoms with van der Waals surface area (Å²) in [5.41, 5.74) is 1.97. The Morgan fingerprint density at radius 3 is 2.95 bits per heavy atom. The highest BCUT2D eigenvalue weighted by atomic mass is 32.1. The van der Waals surface area contributed by atoms with Crippen molar-refractivity contribution < 1.29 is 4.74 Å². The fourth-order valence-electron chi connectivity index (χ4n) is 2.02. The molecule has 98 valence electrons. The van der Waals surface area contributed by atoms with E-state index in [9.17, 15) is 0 Å². The molecule has 0 aliphatic heterocycles. The predicted octanol–water partition coefficient (Wildman–Crippen LogP) is 1.88. The fourth-order valence-corrected chi connectivity index (χ4v) is 2.29. The third-order valence-corrected chi connectivity index (χ3v) is 3.41. The van der Waals surface area contributed by atoms with Crippen molar-refractivity contribution in [3.63, 3.8) is 0 Å². The first-order valence-electron chi connectivity index (χ1n) is 5.78. The molecule has 0 radical (unpaired) electrons. The molecule has 0 saturated heterocycles. The van der Waals surface area contributed by atoms with Crippen molar-refractivity contribution in [3.05, 3.63) is 35.1 Å². The number of nitrogens with zero attached hydrogens (tertiary/aromatic N) is 4. The van der Waals surface area contributed by atoms with Gasteiger partial charge in [0, 0.05) is 13.1 Å². The van der Waals surface area contributed by atoms with Crippen LogP contribution in [-0.2, 0) is 13.6 Å². The van der Waals surface area contributed by atoms with Gasteiger partial charge in [0.15, 0.2) is 10.6 Å². The zero-order valence-electron chi connectivity index (χ0n) is 10.6. The summed E-state index contributed by atoms with van der Waals surface area (Å²) in [5.74, 6) is 1.65. The van der Waals surface area contributed by atoms with Gasteiger partial charge >= 0.3 is 0 Å². The Kier molecular flexibility index (Phi) is 2.83. The second-order valence-electron chi connectivity index (χ2n) is 4.26. The lowest BCUT2D eigenvalue weighted by Gasteiger charge is -2.04. The van der Waals surface area contributed by atoms with Crippen LogP contribution in [0.25, 0.3) is 11.0 Å². The predicted molar refractivity (Wildman–Crippen MR) is 73.8 cm³/mol. The topological polar surface area (TPSA) is 60.7 Å². The minimum atomic E-state index is 0.585. The number of imidazole rings is 1. The molecule has 0 saturated carbocycles. The summed E-state index contributed by atoms with van der Waals surface area (Å²) >= 11 is 5.36. The van der Waals surface area contributed by atoms with Crippen molar-refractivity contribution in [1.29, 1.82) is 0 Å². The van der Waals surface area contributed by atoms with Gasteiger partial charge in [0.05, 0.1) is 24.7 Å². The SMILES string of the molecule is COc1ccc2c(c1)[nH]c(=S)n2Cc1nncn1C. The maximum atomic E-state index is 5.36. The van der Waals surface area contributed by atoms with Crippen molar-refractivity contribution in [2.24, 2.45) is 7.05 Å². The highest BCUT2D eigenvalue weighted by Crippen LogP contribution is 2.21. The first kappa shape index (κ1) is 11.9. The van der Waals surface area contributed by atoms with E-state index < -0.39 is 0 Å². The standard InChI is InChI=1S/C12H13N5OS/c1-16-7-13-15-11(16)6-17-10-4-3-8(18-2)5-9(10)14-12(17)19/h3-5,7H,6H2,1-2H3,(H,14,19). The Bertz CT molecular complexity index is 785. The molecule has 0 amide bonds. The van der Waals surface area contributed by atoms with E-state index in [-0.39, 0.29) is 0 Å². The van der Waals surface area contributed by atoms with E-state index in [1.807, 2.05) is 34.4 Å². The summed E-state index contributed by atoms with van der Waals surface area (Å²) in [4.78, 5) is 3.17. The van der Waals surface area contributed by atoms with Crippen LogP contribution in [0.3, 0.4) is 0 Å². The van der Waals surface area contributed by atoms with E-state index >= 15 is 0 Å². The number of benzene rings is 1. The number of aromatic amines is 1. The molecule has 2 heterocycles. The molecule has 3 rings (SSSR count). The molecule has 0 bridgehead atoms. The molecular weight excluding hydrogens is 262 g/mol. The molecule has 19 heavy (non-hydrogen) atoms. The molecule has 2 aromatic heterocycles. The minimum Gasteiger partial charge on any atom is -0.497 e. The Labute approximate surface area is 114 Å². The molecule has 3 aromatic rings. The van der Waals surface area contributed by atoms with Gasteiger partial charge in [0.2, 0.25) is 0 Å². The second-order valence-corrected chi connectivity index (χ2v) is 4.64. The molecule has 6 nitrogen and oxygen atoms in total. The summed E-state index contributed by atoms with van der Waals surface area (Å²) in [5, 5.41) is 7.95. The van der Waals surface area contributed by atoms with Crippen LogP contribution in [-0.4, -0.2) is 31.4 Å². The molecule has 1 aromatic carbocycles. The number of ether oxygens (including phenoxy) is 1. The van der Waals surface area contributed by atoms with Crippen LogP contribution >= 0.6 is 12.2 Å². The van der Waals surface area contributed by atoms with Gasteiger partial charge in [-0.3, -0.25) is 0 Å². The summed E-state index contributed by atoms with van der Waals surface area (Å²) in [6.07, 6.45) is 1.68. The first-order chi connectivity index (χ1) is 9.19. The third kappa shape index (κ3) is 2.01. The highest BCUT2D eigenvalue weighted by Gasteiger charge is 2.08. The third-order valence-electron chi connectivity index (χ3n) is 3.09. The zero-order valence-corrected chi connectivity index (χ0v) is 11.4. The lowest BCUT2D eigenvalue weighted by atomic mass is 10.3. The lowest BCUT2D eigenvalue weighted by Crippen LogP contribution is -2.05. The van der Waals surface area contributed by atoms with E-state index in [0.29, 0.717) is 11.3 Å². The summed E-state index contributed by atoms with van der Waals surface area (Å²) in [6, 6.07) is 5.83. The molecule has 7 heteroatoms. The number of nitrogens with one attached hydrogen (secondary N) is 1. The van der Waals surface area contributed by atoms with Gasteiger partial charge < -0.3 is 18.9 Å². The fraction of sp³-hybridized carbons (Fsp3) is 0.250. The van der Waals surface area contributed by atoms with E-state index in [2.05, 4.69) is 15.2 Å². The molecule has 1 N–H and O–H groups in total. The summed E-state index contributed by atoms with van der Waals surface area (Å²) < 4.78 is 9.74. The molecular formula is C12H13N5OS. The van der Waals surface area contributed by atoms with Crippen molar-refractivity contribution in [2.75, 3.05) is 7.11 Å². The number of rotatable bonds is 3. The van der Waals surface area contributed by atoms with Crippen molar-refractivity contribution in [2.45, 2.75) is 6.54 Å². The van der Waals surface area contributed by atoms with Crippen LogP contribution in [0.5, 0.6) is 5.75 Å². The van der Waals surface area contributed by atoms with Crippen molar-refractivity contribution in [3.8, 4) is 5.75 Å². The molecule has 0 aliphatic rings. The summed E-state index contributed by atoms with van der Waals surface area (Å²) in [7, 11) is 3.56. The Morgan fingerprint density at radius 1 is 1.42 bits per heavy atom. The van der Waals surface area contributed by atoms with Crippen molar-refractivity contribution >= 4 is 23.3 Å². The van der Waals surface area contributed by atoms with Crippen LogP contribution in [0.1, 0.15) is 5.82 Å². The number of H-pyrrole nitrogens is 1. The number of aryl methyl sites for hydroxylation is 1. The highest BCUT2D eigenvalue weighted by molar-refractivity contribution is 7.71. The number of hydrogen-bond acceptors (Lipinski definition) is 4. The van der Waals surface area contributed by atoms with Crippen LogP contribution < -0.4 is 4.74 Å². The van der Waals surface area contributed by atoms with Crippen LogP contribution in [0.4, 0.5) is 0 Å². The maximum Gasteiger partial charge on any atom is 0.178 e. The van der Waals surface area contributed by atoms with Crippen LogP contribution in [0.15, 0.2) is 24.5 Å². The largest absolute Gasteiger partial charge is 0.497 e. The van der Waals surface area contributed by atoms with E-state index in [1.54, 1.807) is 13.4 Å². The van der Waals surface area contributed by atoms with E-state index in [1.165, 1.54) is 0 Å². The lowest BCUT2D eigenvalue weighted by molar-refractivity contribution is 0.415. The quantitative estimate of drug-likeness (QED) is 0.741. The molecule has 0 aliphatic carbocycles. The summed E-state index contributed by atoms with van der Waals surface area (Å²) in [6.45, 7) is 0.585. The number of methoxy groups -OCH3 is 1. The van der Waals surface area contributed by atoms with Crippen LogP contribution in [0.2, 0.25) is 0 Å². The monoisotopic (exact) mass is 275 g/mol. The Hall–Kier alpha value is -2.15. The zero-order chi connectivity index (χ0) is 13.4. The van der Waals surface area contributed by atoms with E-state index in [0.717, 1.165) is 22.6 Å². The van der Waals surface area contributed by atoms with Gasteiger partial charge in [-0.05, 0) is 24.4 Å². The average molecular weight is 275 g/mol. The minimum absolute atomic E-state index is 0.585. The van der Waals surface area contributed by atoms with Gasteiger partial charge in [-0.2, -0.15) is 0 Å². The smallest absolute Gasteiger partial charge is 0.178 e. The number of aromatic nitrogens is 5. The maximum absolute atomic E-state index is 5.36. The first-order valence-corrected chi connectivity index (χ1v) is 6.19. The molecule has 0 spiro atoms. The van der Waals surface area contributed by atoms with Gasteiger partial charge in [0.1, 0.15) is 12.1 Å². The number of hydrogen-bond donors (Lipinski definition) is 1. The van der Waals surface area contributed by atoms with E-state index in [4.69, 9.17) is 17.0 Å². The van der Waals surface area contributed by atoms with Crippen molar-refractivity contribution in [1.82, 2.24) is 24.3 Å². The van der Waals surface area contributed by atoms with Gasteiger partial charge in [-0.25, -0.2) is 0 Å². The van der Waals surface area contributed by atoms with Gasteiger partial charge in [-0.1, -0.05) is 0 Å². The Balaban J connectivity index is 2.11. The normalized spacial score (nSPS) is 11.1. The molecule has 0 fully saturated rings. The molecule has 0 atom stereocenters. The Morgan fingerprint density at radius 2 is 2.26 bits per heavy atom. The number of fused-ring (bicyclic) bond motifs is 1. The van der Waals surface area contributed by atoms with Gasteiger partial charge in [-0.15, -0.1) is 10.2 Å². The van der Waals surface area contributed by atoms with Crippen LogP contribution in [0, 0.1) is 4.77 Å².